The van der Waals surface area contributed by atoms with Crippen molar-refractivity contribution in [1.82, 2.24) is 21.3 Å². The number of alkyl carbamates (subject to hydrolysis) is 1. The van der Waals surface area contributed by atoms with Crippen molar-refractivity contribution < 1.29 is 33.4 Å². The van der Waals surface area contributed by atoms with E-state index in [0.717, 1.165) is 0 Å². The van der Waals surface area contributed by atoms with Gasteiger partial charge in [0.25, 0.3) is 0 Å². The van der Waals surface area contributed by atoms with Crippen LogP contribution in [-0.2, 0) is 30.5 Å². The Morgan fingerprint density at radius 2 is 1.74 bits per heavy atom. The number of carbonyl (C=O) groups is 5. The first kappa shape index (κ1) is 35.5. The van der Waals surface area contributed by atoms with Crippen LogP contribution in [0.2, 0.25) is 0 Å². The molecule has 6 amide bonds. The summed E-state index contributed by atoms with van der Waals surface area (Å²) < 4.78 is 10.3. The Hall–Kier alpha value is -4.56. The van der Waals surface area contributed by atoms with Crippen LogP contribution in [0, 0.1) is 5.92 Å². The van der Waals surface area contributed by atoms with Gasteiger partial charge < -0.3 is 41.8 Å². The van der Waals surface area contributed by atoms with E-state index in [-0.39, 0.29) is 51.7 Å². The second-order valence-electron chi connectivity index (χ2n) is 9.39. The molecule has 0 aliphatic heterocycles. The van der Waals surface area contributed by atoms with Gasteiger partial charge >= 0.3 is 12.1 Å². The SMILES string of the molecule is CCNC(=O)OCc1ccc(NC(=O)[C@H](CCCNC(N)=O)NC(=O)[C@@H](NC(=O)CCOCCN=[N+]=[N-])C(C)C)cc1. The molecule has 1 aromatic rings. The third-order valence-electron chi connectivity index (χ3n) is 5.65. The topological polar surface area (TPSA) is 239 Å². The number of nitrogens with zero attached hydrogens (tertiary/aromatic N) is 3. The van der Waals surface area contributed by atoms with Gasteiger partial charge in [-0.2, -0.15) is 0 Å². The maximum Gasteiger partial charge on any atom is 0.407 e. The Labute approximate surface area is 244 Å². The fraction of sp³-hybridized carbons (Fsp3) is 0.577. The molecule has 0 unspecified atom stereocenters. The van der Waals surface area contributed by atoms with Gasteiger partial charge in [-0.15, -0.1) is 0 Å². The van der Waals surface area contributed by atoms with Gasteiger partial charge in [0.1, 0.15) is 18.7 Å². The molecule has 0 saturated carbocycles. The molecule has 0 heterocycles. The summed E-state index contributed by atoms with van der Waals surface area (Å²) in [5, 5.41) is 16.4. The molecule has 0 radical (unpaired) electrons. The molecule has 0 spiro atoms. The molecular formula is C26H41N9O7. The number of nitrogens with two attached hydrogens (primary N) is 1. The molecule has 0 aromatic heterocycles. The van der Waals surface area contributed by atoms with E-state index in [9.17, 15) is 24.0 Å². The minimum atomic E-state index is -0.991. The quantitative estimate of drug-likeness (QED) is 0.0601. The van der Waals surface area contributed by atoms with Crippen LogP contribution in [0.3, 0.4) is 0 Å². The summed E-state index contributed by atoms with van der Waals surface area (Å²) in [5.41, 5.74) is 14.5. The zero-order chi connectivity index (χ0) is 31.3. The van der Waals surface area contributed by atoms with E-state index in [4.69, 9.17) is 20.7 Å². The summed E-state index contributed by atoms with van der Waals surface area (Å²) in [6, 6.07) is 4.01. The maximum atomic E-state index is 13.2. The summed E-state index contributed by atoms with van der Waals surface area (Å²) in [6.45, 7) is 6.36. The van der Waals surface area contributed by atoms with Crippen molar-refractivity contribution in [3.63, 3.8) is 0 Å². The third kappa shape index (κ3) is 15.3. The van der Waals surface area contributed by atoms with Crippen LogP contribution >= 0.6 is 0 Å². The Balaban J connectivity index is 2.82. The molecule has 0 saturated heterocycles. The van der Waals surface area contributed by atoms with Crippen LogP contribution in [0.5, 0.6) is 0 Å². The summed E-state index contributed by atoms with van der Waals surface area (Å²) >= 11 is 0. The third-order valence-corrected chi connectivity index (χ3v) is 5.65. The van der Waals surface area contributed by atoms with Crippen molar-refractivity contribution in [1.29, 1.82) is 0 Å². The van der Waals surface area contributed by atoms with Gasteiger partial charge in [-0.1, -0.05) is 31.1 Å². The summed E-state index contributed by atoms with van der Waals surface area (Å²) in [5.74, 6) is -1.77. The minimum absolute atomic E-state index is 0.0141. The predicted octanol–water partition coefficient (Wildman–Crippen LogP) is 1.66. The molecule has 2 atom stereocenters. The monoisotopic (exact) mass is 591 g/mol. The number of ether oxygens (including phenoxy) is 2. The van der Waals surface area contributed by atoms with E-state index in [1.807, 2.05) is 0 Å². The summed E-state index contributed by atoms with van der Waals surface area (Å²) in [4.78, 5) is 63.9. The average molecular weight is 592 g/mol. The number of hydrogen-bond donors (Lipinski definition) is 6. The zero-order valence-corrected chi connectivity index (χ0v) is 24.2. The lowest BCUT2D eigenvalue weighted by Crippen LogP contribution is -2.54. The number of rotatable bonds is 19. The Kier molecular flexibility index (Phi) is 17.2. The number of urea groups is 1. The van der Waals surface area contributed by atoms with Crippen molar-refractivity contribution in [2.75, 3.05) is 38.2 Å². The van der Waals surface area contributed by atoms with Crippen LogP contribution in [-0.4, -0.2) is 74.8 Å². The van der Waals surface area contributed by atoms with Crippen molar-refractivity contribution >= 4 is 35.5 Å². The fourth-order valence-corrected chi connectivity index (χ4v) is 3.50. The predicted molar refractivity (Wildman–Crippen MR) is 154 cm³/mol. The molecule has 42 heavy (non-hydrogen) atoms. The van der Waals surface area contributed by atoms with E-state index in [1.165, 1.54) is 0 Å². The summed E-state index contributed by atoms with van der Waals surface area (Å²) in [7, 11) is 0. The molecule has 1 aromatic carbocycles. The lowest BCUT2D eigenvalue weighted by atomic mass is 10.0. The molecule has 16 nitrogen and oxygen atoms in total. The Morgan fingerprint density at radius 3 is 2.36 bits per heavy atom. The van der Waals surface area contributed by atoms with Gasteiger partial charge in [-0.25, -0.2) is 9.59 Å². The molecule has 1 rings (SSSR count). The van der Waals surface area contributed by atoms with Gasteiger partial charge in [-0.05, 0) is 48.9 Å². The first-order valence-electron chi connectivity index (χ1n) is 13.6. The maximum absolute atomic E-state index is 13.2. The molecule has 0 aliphatic rings. The largest absolute Gasteiger partial charge is 0.445 e. The van der Waals surface area contributed by atoms with Gasteiger partial charge in [0, 0.05) is 36.7 Å². The van der Waals surface area contributed by atoms with Gasteiger partial charge in [0.2, 0.25) is 17.7 Å². The highest BCUT2D eigenvalue weighted by Gasteiger charge is 2.28. The summed E-state index contributed by atoms with van der Waals surface area (Å²) in [6.07, 6.45) is -0.0392. The second-order valence-corrected chi connectivity index (χ2v) is 9.39. The van der Waals surface area contributed by atoms with E-state index in [0.29, 0.717) is 24.2 Å². The van der Waals surface area contributed by atoms with E-state index in [2.05, 4.69) is 36.6 Å². The van der Waals surface area contributed by atoms with E-state index >= 15 is 0 Å². The van der Waals surface area contributed by atoms with Gasteiger partial charge in [-0.3, -0.25) is 14.4 Å². The molecule has 7 N–H and O–H groups in total. The lowest BCUT2D eigenvalue weighted by molar-refractivity contribution is -0.132. The van der Waals surface area contributed by atoms with E-state index < -0.39 is 41.9 Å². The number of carbonyl (C=O) groups excluding carboxylic acids is 5. The Bertz CT molecular complexity index is 1080. The Morgan fingerprint density at radius 1 is 1.02 bits per heavy atom. The van der Waals surface area contributed by atoms with Crippen molar-refractivity contribution in [2.45, 2.75) is 58.7 Å². The fourth-order valence-electron chi connectivity index (χ4n) is 3.50. The number of azide groups is 1. The van der Waals surface area contributed by atoms with Crippen LogP contribution in [0.4, 0.5) is 15.3 Å². The number of benzene rings is 1. The standard InChI is InChI=1S/C26H41N9O7/c1-4-29-26(40)42-16-18-7-9-19(10-8-18)32-23(37)20(6-5-12-30-25(27)39)33-24(38)22(17(2)3)34-21(36)11-14-41-15-13-31-35-28/h7-10,17,20,22H,4-6,11-16H2,1-3H3,(H,29,40)(H,32,37)(H,33,38)(H,34,36)(H3,27,30,39)/t20-,22-/m0/s1. The second kappa shape index (κ2) is 20.3. The number of nitrogens with one attached hydrogen (secondary N) is 5. The molecule has 232 valence electrons. The number of anilines is 1. The minimum Gasteiger partial charge on any atom is -0.445 e. The highest BCUT2D eigenvalue weighted by Crippen LogP contribution is 2.13. The molecule has 0 aliphatic carbocycles. The van der Waals surface area contributed by atoms with Crippen molar-refractivity contribution in [3.05, 3.63) is 40.3 Å². The molecular weight excluding hydrogens is 550 g/mol. The van der Waals surface area contributed by atoms with Crippen LogP contribution in [0.1, 0.15) is 45.6 Å². The zero-order valence-electron chi connectivity index (χ0n) is 24.2. The average Bonchev–Trinajstić information content (AvgIpc) is 2.94. The molecule has 0 bridgehead atoms. The lowest BCUT2D eigenvalue weighted by Gasteiger charge is -2.25. The highest BCUT2D eigenvalue weighted by atomic mass is 16.5. The number of hydrogen-bond acceptors (Lipinski definition) is 8. The number of primary amides is 1. The van der Waals surface area contributed by atoms with Gasteiger partial charge in [0.15, 0.2) is 0 Å². The first-order valence-corrected chi connectivity index (χ1v) is 13.6. The van der Waals surface area contributed by atoms with Crippen LogP contribution < -0.4 is 32.3 Å². The van der Waals surface area contributed by atoms with Gasteiger partial charge in [0.05, 0.1) is 13.2 Å². The molecule has 0 fully saturated rings. The molecule has 16 heteroatoms. The normalized spacial score (nSPS) is 11.8. The van der Waals surface area contributed by atoms with Crippen molar-refractivity contribution in [2.24, 2.45) is 16.8 Å². The van der Waals surface area contributed by atoms with E-state index in [1.54, 1.807) is 45.0 Å². The smallest absolute Gasteiger partial charge is 0.407 e. The van der Waals surface area contributed by atoms with Crippen molar-refractivity contribution in [3.8, 4) is 0 Å². The number of amides is 6. The first-order chi connectivity index (χ1) is 20.1. The highest BCUT2D eigenvalue weighted by molar-refractivity contribution is 5.98. The van der Waals surface area contributed by atoms with Crippen LogP contribution in [0.25, 0.3) is 10.4 Å². The van der Waals surface area contributed by atoms with Crippen LogP contribution in [0.15, 0.2) is 29.4 Å².